The number of pyridine rings is 1. The van der Waals surface area contributed by atoms with E-state index in [2.05, 4.69) is 28.9 Å². The van der Waals surface area contributed by atoms with Crippen molar-refractivity contribution in [2.75, 3.05) is 32.9 Å². The summed E-state index contributed by atoms with van der Waals surface area (Å²) < 4.78 is 0. The second kappa shape index (κ2) is 5.47. The summed E-state index contributed by atoms with van der Waals surface area (Å²) in [5.74, 6) is 0. The Morgan fingerprint density at radius 3 is 2.82 bits per heavy atom. The van der Waals surface area contributed by atoms with Crippen LogP contribution in [0, 0.1) is 0 Å². The standard InChI is InChI=1S/C13H22N4/c1-16-8-5-11(6-9-16)17(2)10-13-12(14)4-3-7-15-13/h3-4,7,11H,5-6,8-10,14H2,1-2H3. The highest BCUT2D eigenvalue weighted by Gasteiger charge is 2.21. The predicted molar refractivity (Wildman–Crippen MR) is 70.6 cm³/mol. The Balaban J connectivity index is 1.93. The number of rotatable bonds is 3. The lowest BCUT2D eigenvalue weighted by Gasteiger charge is -2.35. The van der Waals surface area contributed by atoms with Crippen LogP contribution in [0.3, 0.4) is 0 Å². The van der Waals surface area contributed by atoms with Gasteiger partial charge in [0.2, 0.25) is 0 Å². The molecule has 2 N–H and O–H groups in total. The third kappa shape index (κ3) is 3.17. The first-order valence-electron chi connectivity index (χ1n) is 6.25. The lowest BCUT2D eigenvalue weighted by Crippen LogP contribution is -2.41. The molecule has 0 bridgehead atoms. The summed E-state index contributed by atoms with van der Waals surface area (Å²) >= 11 is 0. The average molecular weight is 234 g/mol. The molecule has 1 fully saturated rings. The molecular formula is C13H22N4. The first-order chi connectivity index (χ1) is 8.16. The van der Waals surface area contributed by atoms with Crippen molar-refractivity contribution in [3.63, 3.8) is 0 Å². The van der Waals surface area contributed by atoms with E-state index in [0.717, 1.165) is 17.9 Å². The van der Waals surface area contributed by atoms with Crippen LogP contribution < -0.4 is 5.73 Å². The fourth-order valence-electron chi connectivity index (χ4n) is 2.38. The monoisotopic (exact) mass is 234 g/mol. The Kier molecular flexibility index (Phi) is 3.97. The largest absolute Gasteiger partial charge is 0.397 e. The number of likely N-dealkylation sites (tertiary alicyclic amines) is 1. The van der Waals surface area contributed by atoms with Crippen LogP contribution in [0.15, 0.2) is 18.3 Å². The van der Waals surface area contributed by atoms with Crippen LogP contribution in [-0.4, -0.2) is 48.0 Å². The molecule has 0 spiro atoms. The van der Waals surface area contributed by atoms with E-state index in [1.165, 1.54) is 25.9 Å². The van der Waals surface area contributed by atoms with E-state index in [1.54, 1.807) is 0 Å². The maximum atomic E-state index is 5.92. The molecule has 1 aromatic rings. The van der Waals surface area contributed by atoms with Gasteiger partial charge in [-0.15, -0.1) is 0 Å². The summed E-state index contributed by atoms with van der Waals surface area (Å²) in [5, 5.41) is 0. The highest BCUT2D eigenvalue weighted by Crippen LogP contribution is 2.17. The van der Waals surface area contributed by atoms with Crippen LogP contribution in [0.2, 0.25) is 0 Å². The molecule has 1 aliphatic rings. The van der Waals surface area contributed by atoms with Crippen LogP contribution in [0.4, 0.5) is 5.69 Å². The van der Waals surface area contributed by atoms with Crippen LogP contribution in [-0.2, 0) is 6.54 Å². The van der Waals surface area contributed by atoms with E-state index in [-0.39, 0.29) is 0 Å². The van der Waals surface area contributed by atoms with Crippen molar-refractivity contribution in [3.8, 4) is 0 Å². The maximum Gasteiger partial charge on any atom is 0.0772 e. The number of nitrogens with two attached hydrogens (primary N) is 1. The Morgan fingerprint density at radius 1 is 1.47 bits per heavy atom. The molecular weight excluding hydrogens is 212 g/mol. The van der Waals surface area contributed by atoms with Crippen molar-refractivity contribution in [2.45, 2.75) is 25.4 Å². The molecule has 1 saturated heterocycles. The summed E-state index contributed by atoms with van der Waals surface area (Å²) in [6, 6.07) is 4.46. The molecule has 0 aromatic carbocycles. The molecule has 0 atom stereocenters. The fourth-order valence-corrected chi connectivity index (χ4v) is 2.38. The molecule has 0 radical (unpaired) electrons. The summed E-state index contributed by atoms with van der Waals surface area (Å²) in [6.45, 7) is 3.22. The SMILES string of the molecule is CN1CCC(N(C)Cc2ncccc2N)CC1. The van der Waals surface area contributed by atoms with Gasteiger partial charge in [0.15, 0.2) is 0 Å². The van der Waals surface area contributed by atoms with Crippen molar-refractivity contribution in [1.29, 1.82) is 0 Å². The zero-order chi connectivity index (χ0) is 12.3. The molecule has 2 rings (SSSR count). The Morgan fingerprint density at radius 2 is 2.18 bits per heavy atom. The smallest absolute Gasteiger partial charge is 0.0772 e. The molecule has 2 heterocycles. The third-order valence-electron chi connectivity index (χ3n) is 3.64. The number of piperidine rings is 1. The van der Waals surface area contributed by atoms with Gasteiger partial charge >= 0.3 is 0 Å². The van der Waals surface area contributed by atoms with Crippen molar-refractivity contribution in [2.24, 2.45) is 0 Å². The molecule has 1 aromatic heterocycles. The topological polar surface area (TPSA) is 45.4 Å². The minimum atomic E-state index is 0.660. The predicted octanol–water partition coefficient (Wildman–Crippen LogP) is 1.19. The van der Waals surface area contributed by atoms with Crippen molar-refractivity contribution < 1.29 is 0 Å². The zero-order valence-corrected chi connectivity index (χ0v) is 10.8. The summed E-state index contributed by atoms with van der Waals surface area (Å²) in [4.78, 5) is 9.12. The van der Waals surface area contributed by atoms with Gasteiger partial charge in [-0.1, -0.05) is 0 Å². The van der Waals surface area contributed by atoms with E-state index in [0.29, 0.717) is 6.04 Å². The minimum absolute atomic E-state index is 0.660. The first kappa shape index (κ1) is 12.3. The molecule has 0 unspecified atom stereocenters. The fraction of sp³-hybridized carbons (Fsp3) is 0.615. The summed E-state index contributed by atoms with van der Waals surface area (Å²) in [6.07, 6.45) is 4.29. The maximum absolute atomic E-state index is 5.92. The second-order valence-electron chi connectivity index (χ2n) is 4.99. The highest BCUT2D eigenvalue weighted by atomic mass is 15.2. The van der Waals surface area contributed by atoms with Gasteiger partial charge in [0.1, 0.15) is 0 Å². The van der Waals surface area contributed by atoms with E-state index >= 15 is 0 Å². The Bertz CT molecular complexity index is 358. The quantitative estimate of drug-likeness (QED) is 0.853. The average Bonchev–Trinajstić information content (AvgIpc) is 2.33. The molecule has 4 heteroatoms. The number of hydrogen-bond acceptors (Lipinski definition) is 4. The normalized spacial score (nSPS) is 18.8. The van der Waals surface area contributed by atoms with Gasteiger partial charge in [0, 0.05) is 18.8 Å². The summed E-state index contributed by atoms with van der Waals surface area (Å²) in [7, 11) is 4.36. The minimum Gasteiger partial charge on any atom is -0.397 e. The number of aromatic nitrogens is 1. The van der Waals surface area contributed by atoms with Crippen LogP contribution >= 0.6 is 0 Å². The van der Waals surface area contributed by atoms with Crippen molar-refractivity contribution in [3.05, 3.63) is 24.0 Å². The zero-order valence-electron chi connectivity index (χ0n) is 10.8. The second-order valence-corrected chi connectivity index (χ2v) is 4.99. The molecule has 0 amide bonds. The van der Waals surface area contributed by atoms with Gasteiger partial charge < -0.3 is 10.6 Å². The number of nitrogens with zero attached hydrogens (tertiary/aromatic N) is 3. The summed E-state index contributed by atoms with van der Waals surface area (Å²) in [5.41, 5.74) is 7.72. The van der Waals surface area contributed by atoms with E-state index in [1.807, 2.05) is 18.3 Å². The molecule has 17 heavy (non-hydrogen) atoms. The number of hydrogen-bond donors (Lipinski definition) is 1. The lowest BCUT2D eigenvalue weighted by atomic mass is 10.0. The van der Waals surface area contributed by atoms with E-state index in [9.17, 15) is 0 Å². The number of anilines is 1. The van der Waals surface area contributed by atoms with Crippen molar-refractivity contribution >= 4 is 5.69 Å². The van der Waals surface area contributed by atoms with Gasteiger partial charge in [-0.2, -0.15) is 0 Å². The van der Waals surface area contributed by atoms with Crippen LogP contribution in [0.25, 0.3) is 0 Å². The molecule has 0 aliphatic carbocycles. The Labute approximate surface area is 103 Å². The molecule has 0 saturated carbocycles. The van der Waals surface area contributed by atoms with Crippen molar-refractivity contribution in [1.82, 2.24) is 14.8 Å². The third-order valence-corrected chi connectivity index (χ3v) is 3.64. The molecule has 94 valence electrons. The molecule has 1 aliphatic heterocycles. The lowest BCUT2D eigenvalue weighted by molar-refractivity contribution is 0.138. The molecule has 4 nitrogen and oxygen atoms in total. The number of nitrogen functional groups attached to an aromatic ring is 1. The van der Waals surface area contributed by atoms with E-state index in [4.69, 9.17) is 5.73 Å². The first-order valence-corrected chi connectivity index (χ1v) is 6.25. The van der Waals surface area contributed by atoms with Gasteiger partial charge in [-0.05, 0) is 52.2 Å². The van der Waals surface area contributed by atoms with Gasteiger partial charge in [-0.25, -0.2) is 0 Å². The van der Waals surface area contributed by atoms with Gasteiger partial charge in [-0.3, -0.25) is 9.88 Å². The van der Waals surface area contributed by atoms with Crippen LogP contribution in [0.5, 0.6) is 0 Å². The van der Waals surface area contributed by atoms with Gasteiger partial charge in [0.25, 0.3) is 0 Å². The highest BCUT2D eigenvalue weighted by molar-refractivity contribution is 5.41. The van der Waals surface area contributed by atoms with E-state index < -0.39 is 0 Å². The Hall–Kier alpha value is -1.13. The van der Waals surface area contributed by atoms with Crippen LogP contribution in [0.1, 0.15) is 18.5 Å². The van der Waals surface area contributed by atoms with Gasteiger partial charge in [0.05, 0.1) is 11.4 Å².